The lowest BCUT2D eigenvalue weighted by Gasteiger charge is -2.10. The summed E-state index contributed by atoms with van der Waals surface area (Å²) >= 11 is 1.76. The van der Waals surface area contributed by atoms with E-state index in [0.29, 0.717) is 5.92 Å². The lowest BCUT2D eigenvalue weighted by Crippen LogP contribution is -2.25. The highest BCUT2D eigenvalue weighted by molar-refractivity contribution is 7.07. The summed E-state index contributed by atoms with van der Waals surface area (Å²) in [5, 5.41) is 7.77. The first-order chi connectivity index (χ1) is 6.83. The van der Waals surface area contributed by atoms with Gasteiger partial charge in [0.15, 0.2) is 0 Å². The molecular formula is C11H19NOS. The van der Waals surface area contributed by atoms with Gasteiger partial charge in [-0.2, -0.15) is 11.3 Å². The van der Waals surface area contributed by atoms with Crippen molar-refractivity contribution in [1.29, 1.82) is 0 Å². The van der Waals surface area contributed by atoms with Gasteiger partial charge in [-0.3, -0.25) is 0 Å². The van der Waals surface area contributed by atoms with E-state index in [9.17, 15) is 0 Å². The monoisotopic (exact) mass is 213 g/mol. The molecule has 1 aromatic rings. The molecule has 0 aliphatic rings. The maximum absolute atomic E-state index is 5.07. The van der Waals surface area contributed by atoms with Gasteiger partial charge in [0.05, 0.1) is 0 Å². The van der Waals surface area contributed by atoms with Crippen LogP contribution in [0.3, 0.4) is 0 Å². The second kappa shape index (κ2) is 6.98. The molecule has 1 aromatic heterocycles. The lowest BCUT2D eigenvalue weighted by atomic mass is 10.2. The predicted octanol–water partition coefficient (Wildman–Crippen LogP) is 2.16. The van der Waals surface area contributed by atoms with Gasteiger partial charge in [-0.15, -0.1) is 0 Å². The Bertz CT molecular complexity index is 223. The molecule has 1 rings (SSSR count). The molecule has 2 nitrogen and oxygen atoms in total. The van der Waals surface area contributed by atoms with Crippen LogP contribution in [0.15, 0.2) is 16.8 Å². The van der Waals surface area contributed by atoms with Crippen molar-refractivity contribution in [3.63, 3.8) is 0 Å². The Morgan fingerprint density at radius 3 is 3.07 bits per heavy atom. The van der Waals surface area contributed by atoms with Crippen LogP contribution in [-0.4, -0.2) is 26.8 Å². The zero-order valence-electron chi connectivity index (χ0n) is 8.95. The van der Waals surface area contributed by atoms with Crippen LogP contribution in [0.5, 0.6) is 0 Å². The minimum atomic E-state index is 0.600. The van der Waals surface area contributed by atoms with Crippen molar-refractivity contribution < 1.29 is 4.74 Å². The van der Waals surface area contributed by atoms with Gasteiger partial charge < -0.3 is 10.1 Å². The summed E-state index contributed by atoms with van der Waals surface area (Å²) in [6, 6.07) is 2.19. The van der Waals surface area contributed by atoms with Crippen molar-refractivity contribution in [3.8, 4) is 0 Å². The summed E-state index contributed by atoms with van der Waals surface area (Å²) in [5.74, 6) is 0.600. The molecular weight excluding hydrogens is 194 g/mol. The summed E-state index contributed by atoms with van der Waals surface area (Å²) in [6.45, 7) is 5.13. The number of hydrogen-bond donors (Lipinski definition) is 1. The molecule has 1 N–H and O–H groups in total. The van der Waals surface area contributed by atoms with Gasteiger partial charge in [0, 0.05) is 13.7 Å². The second-order valence-corrected chi connectivity index (χ2v) is 4.43. The molecule has 0 saturated carbocycles. The Labute approximate surface area is 90.3 Å². The van der Waals surface area contributed by atoms with Crippen molar-refractivity contribution in [1.82, 2.24) is 5.32 Å². The lowest BCUT2D eigenvalue weighted by molar-refractivity contribution is 0.158. The molecule has 0 radical (unpaired) electrons. The molecule has 0 spiro atoms. The standard InChI is InChI=1S/C11H19NOS/c1-10(8-13-2)7-12-5-3-11-4-6-14-9-11/h4,6,9-10,12H,3,5,7-8H2,1-2H3. The molecule has 1 atom stereocenters. The molecule has 1 heterocycles. The number of methoxy groups -OCH3 is 1. The molecule has 0 aromatic carbocycles. The van der Waals surface area contributed by atoms with Crippen molar-refractivity contribution in [2.75, 3.05) is 26.8 Å². The minimum Gasteiger partial charge on any atom is -0.384 e. The molecule has 0 fully saturated rings. The van der Waals surface area contributed by atoms with Gasteiger partial charge in [-0.05, 0) is 47.8 Å². The molecule has 0 aliphatic heterocycles. The zero-order chi connectivity index (χ0) is 10.2. The molecule has 14 heavy (non-hydrogen) atoms. The zero-order valence-corrected chi connectivity index (χ0v) is 9.77. The Kier molecular flexibility index (Phi) is 5.83. The van der Waals surface area contributed by atoms with Crippen molar-refractivity contribution in [2.24, 2.45) is 5.92 Å². The second-order valence-electron chi connectivity index (χ2n) is 3.65. The Hall–Kier alpha value is -0.380. The number of rotatable bonds is 7. The summed E-state index contributed by atoms with van der Waals surface area (Å²) in [5.41, 5.74) is 1.43. The van der Waals surface area contributed by atoms with Gasteiger partial charge in [-0.25, -0.2) is 0 Å². The van der Waals surface area contributed by atoms with E-state index in [-0.39, 0.29) is 0 Å². The largest absolute Gasteiger partial charge is 0.384 e. The van der Waals surface area contributed by atoms with Gasteiger partial charge in [-0.1, -0.05) is 6.92 Å². The molecule has 80 valence electrons. The molecule has 0 aliphatic carbocycles. The third kappa shape index (κ3) is 4.74. The van der Waals surface area contributed by atoms with Crippen LogP contribution >= 0.6 is 11.3 Å². The van der Waals surface area contributed by atoms with Gasteiger partial charge in [0.2, 0.25) is 0 Å². The summed E-state index contributed by atoms with van der Waals surface area (Å²) in [4.78, 5) is 0. The van der Waals surface area contributed by atoms with Gasteiger partial charge in [0.1, 0.15) is 0 Å². The van der Waals surface area contributed by atoms with Crippen LogP contribution in [0, 0.1) is 5.92 Å². The Morgan fingerprint density at radius 1 is 1.57 bits per heavy atom. The average molecular weight is 213 g/mol. The third-order valence-corrected chi connectivity index (χ3v) is 2.85. The maximum Gasteiger partial charge on any atom is 0.0499 e. The number of ether oxygens (including phenoxy) is 1. The molecule has 0 amide bonds. The van der Waals surface area contributed by atoms with E-state index < -0.39 is 0 Å². The smallest absolute Gasteiger partial charge is 0.0499 e. The van der Waals surface area contributed by atoms with E-state index in [2.05, 4.69) is 29.1 Å². The minimum absolute atomic E-state index is 0.600. The topological polar surface area (TPSA) is 21.3 Å². The van der Waals surface area contributed by atoms with E-state index in [1.807, 2.05) is 0 Å². The van der Waals surface area contributed by atoms with Gasteiger partial charge in [0.25, 0.3) is 0 Å². The first-order valence-electron chi connectivity index (χ1n) is 5.03. The van der Waals surface area contributed by atoms with Crippen LogP contribution < -0.4 is 5.32 Å². The van der Waals surface area contributed by atoms with Crippen molar-refractivity contribution >= 4 is 11.3 Å². The average Bonchev–Trinajstić information content (AvgIpc) is 2.65. The highest BCUT2D eigenvalue weighted by Crippen LogP contribution is 2.05. The number of hydrogen-bond acceptors (Lipinski definition) is 3. The molecule has 3 heteroatoms. The van der Waals surface area contributed by atoms with Gasteiger partial charge >= 0.3 is 0 Å². The van der Waals surface area contributed by atoms with Crippen molar-refractivity contribution in [2.45, 2.75) is 13.3 Å². The Balaban J connectivity index is 1.99. The fourth-order valence-corrected chi connectivity index (χ4v) is 2.06. The summed E-state index contributed by atoms with van der Waals surface area (Å²) in [7, 11) is 1.75. The van der Waals surface area contributed by atoms with E-state index in [0.717, 1.165) is 26.1 Å². The van der Waals surface area contributed by atoms with Crippen LogP contribution in [0.2, 0.25) is 0 Å². The van der Waals surface area contributed by atoms with Crippen LogP contribution in [0.25, 0.3) is 0 Å². The van der Waals surface area contributed by atoms with Crippen molar-refractivity contribution in [3.05, 3.63) is 22.4 Å². The fourth-order valence-electron chi connectivity index (χ4n) is 1.36. The van der Waals surface area contributed by atoms with E-state index in [4.69, 9.17) is 4.74 Å². The predicted molar refractivity (Wildman–Crippen MR) is 61.9 cm³/mol. The molecule has 0 bridgehead atoms. The highest BCUT2D eigenvalue weighted by atomic mass is 32.1. The van der Waals surface area contributed by atoms with Crippen LogP contribution in [0.4, 0.5) is 0 Å². The van der Waals surface area contributed by atoms with E-state index >= 15 is 0 Å². The first kappa shape index (κ1) is 11.7. The van der Waals surface area contributed by atoms with E-state index in [1.165, 1.54) is 5.56 Å². The quantitative estimate of drug-likeness (QED) is 0.701. The van der Waals surface area contributed by atoms with Crippen LogP contribution in [-0.2, 0) is 11.2 Å². The van der Waals surface area contributed by atoms with E-state index in [1.54, 1.807) is 18.4 Å². The highest BCUT2D eigenvalue weighted by Gasteiger charge is 1.99. The first-order valence-corrected chi connectivity index (χ1v) is 5.98. The van der Waals surface area contributed by atoms with Crippen LogP contribution in [0.1, 0.15) is 12.5 Å². The third-order valence-electron chi connectivity index (χ3n) is 2.11. The summed E-state index contributed by atoms with van der Waals surface area (Å²) < 4.78 is 5.07. The molecule has 1 unspecified atom stereocenters. The number of nitrogens with one attached hydrogen (secondary N) is 1. The summed E-state index contributed by atoms with van der Waals surface area (Å²) in [6.07, 6.45) is 1.13. The number of thiophene rings is 1. The maximum atomic E-state index is 5.07. The fraction of sp³-hybridized carbons (Fsp3) is 0.636. The normalized spacial score (nSPS) is 13.0. The molecule has 0 saturated heterocycles. The Morgan fingerprint density at radius 2 is 2.43 bits per heavy atom. The SMILES string of the molecule is COCC(C)CNCCc1ccsc1.